The van der Waals surface area contributed by atoms with Crippen LogP contribution in [-0.2, 0) is 11.2 Å². The Balaban J connectivity index is 2.50. The lowest BCUT2D eigenvalue weighted by atomic mass is 10.0. The van der Waals surface area contributed by atoms with E-state index in [9.17, 15) is 4.79 Å². The first kappa shape index (κ1) is 13.5. The Morgan fingerprint density at radius 1 is 1.35 bits per heavy atom. The zero-order valence-corrected chi connectivity index (χ0v) is 10.5. The molecule has 1 aromatic rings. The summed E-state index contributed by atoms with van der Waals surface area (Å²) in [5, 5.41) is 2.83. The minimum absolute atomic E-state index is 0.0420. The van der Waals surface area contributed by atoms with Crippen molar-refractivity contribution in [2.24, 2.45) is 5.73 Å². The summed E-state index contributed by atoms with van der Waals surface area (Å²) in [5.41, 5.74) is 8.73. The van der Waals surface area contributed by atoms with Gasteiger partial charge in [-0.1, -0.05) is 35.9 Å². The quantitative estimate of drug-likeness (QED) is 0.755. The van der Waals surface area contributed by atoms with Crippen LogP contribution in [0, 0.1) is 13.8 Å². The van der Waals surface area contributed by atoms with Gasteiger partial charge in [0.25, 0.3) is 0 Å². The van der Waals surface area contributed by atoms with Gasteiger partial charge in [-0.05, 0) is 25.0 Å². The molecule has 0 saturated heterocycles. The molecule has 0 aliphatic rings. The molecule has 17 heavy (non-hydrogen) atoms. The molecule has 92 valence electrons. The van der Waals surface area contributed by atoms with Gasteiger partial charge in [0.1, 0.15) is 0 Å². The van der Waals surface area contributed by atoms with Crippen molar-refractivity contribution < 1.29 is 4.79 Å². The number of amides is 1. The van der Waals surface area contributed by atoms with Crippen LogP contribution in [-0.4, -0.2) is 19.0 Å². The van der Waals surface area contributed by atoms with Crippen molar-refractivity contribution in [2.75, 3.05) is 13.1 Å². The summed E-state index contributed by atoms with van der Waals surface area (Å²) < 4.78 is 0. The lowest BCUT2D eigenvalue weighted by Gasteiger charge is -2.07. The van der Waals surface area contributed by atoms with Gasteiger partial charge in [-0.25, -0.2) is 0 Å². The zero-order valence-electron chi connectivity index (χ0n) is 10.5. The van der Waals surface area contributed by atoms with E-state index >= 15 is 0 Å². The number of nitrogens with one attached hydrogen (secondary N) is 1. The highest BCUT2D eigenvalue weighted by Gasteiger charge is 2.04. The lowest BCUT2D eigenvalue weighted by Crippen LogP contribution is -2.25. The summed E-state index contributed by atoms with van der Waals surface area (Å²) in [4.78, 5) is 11.7. The highest BCUT2D eigenvalue weighted by molar-refractivity contribution is 5.79. The normalized spacial score (nSPS) is 10.8. The van der Waals surface area contributed by atoms with Gasteiger partial charge in [-0.2, -0.15) is 0 Å². The summed E-state index contributed by atoms with van der Waals surface area (Å²) in [6, 6.07) is 6.16. The summed E-state index contributed by atoms with van der Waals surface area (Å²) in [6.07, 6.45) is 4.13. The highest BCUT2D eigenvalue weighted by atomic mass is 16.1. The van der Waals surface area contributed by atoms with Gasteiger partial charge in [0.15, 0.2) is 0 Å². The van der Waals surface area contributed by atoms with Crippen molar-refractivity contribution in [1.82, 2.24) is 5.32 Å². The van der Waals surface area contributed by atoms with Crippen molar-refractivity contribution in [1.29, 1.82) is 0 Å². The molecule has 3 N–H and O–H groups in total. The third-order valence-corrected chi connectivity index (χ3v) is 2.58. The van der Waals surface area contributed by atoms with Crippen molar-refractivity contribution in [3.8, 4) is 0 Å². The van der Waals surface area contributed by atoms with E-state index in [1.807, 2.05) is 32.1 Å². The average molecular weight is 232 g/mol. The van der Waals surface area contributed by atoms with E-state index < -0.39 is 0 Å². The minimum Gasteiger partial charge on any atom is -0.352 e. The van der Waals surface area contributed by atoms with Crippen molar-refractivity contribution in [3.05, 3.63) is 47.0 Å². The smallest absolute Gasteiger partial charge is 0.224 e. The molecular weight excluding hydrogens is 212 g/mol. The molecule has 0 heterocycles. The van der Waals surface area contributed by atoms with Gasteiger partial charge in [0.2, 0.25) is 5.91 Å². The first-order valence-electron chi connectivity index (χ1n) is 5.81. The van der Waals surface area contributed by atoms with Gasteiger partial charge in [0, 0.05) is 13.1 Å². The maximum absolute atomic E-state index is 11.7. The molecule has 0 bridgehead atoms. The highest BCUT2D eigenvalue weighted by Crippen LogP contribution is 2.11. The van der Waals surface area contributed by atoms with Crippen LogP contribution in [0.5, 0.6) is 0 Å². The molecule has 0 fully saturated rings. The van der Waals surface area contributed by atoms with Gasteiger partial charge in [-0.15, -0.1) is 0 Å². The van der Waals surface area contributed by atoms with E-state index in [0.717, 1.165) is 11.1 Å². The SMILES string of the molecule is Cc1ccc(C)c(CC(=O)NC/C=C/CN)c1. The average Bonchev–Trinajstić information content (AvgIpc) is 2.29. The number of benzene rings is 1. The van der Waals surface area contributed by atoms with E-state index in [1.54, 1.807) is 0 Å². The van der Waals surface area contributed by atoms with Gasteiger partial charge in [-0.3, -0.25) is 4.79 Å². The molecular formula is C14H20N2O. The largest absolute Gasteiger partial charge is 0.352 e. The molecule has 0 unspecified atom stereocenters. The van der Waals surface area contributed by atoms with Crippen LogP contribution >= 0.6 is 0 Å². The number of nitrogens with two attached hydrogens (primary N) is 1. The lowest BCUT2D eigenvalue weighted by molar-refractivity contribution is -0.120. The monoisotopic (exact) mass is 232 g/mol. The Labute approximate surface area is 103 Å². The number of aryl methyl sites for hydroxylation is 2. The first-order chi connectivity index (χ1) is 8.13. The molecule has 1 amide bonds. The Bertz CT molecular complexity index is 411. The van der Waals surface area contributed by atoms with E-state index in [4.69, 9.17) is 5.73 Å². The second-order valence-electron chi connectivity index (χ2n) is 4.12. The van der Waals surface area contributed by atoms with Gasteiger partial charge in [0.05, 0.1) is 6.42 Å². The summed E-state index contributed by atoms with van der Waals surface area (Å²) in [7, 11) is 0. The third kappa shape index (κ3) is 4.83. The Morgan fingerprint density at radius 2 is 2.12 bits per heavy atom. The van der Waals surface area contributed by atoms with Crippen LogP contribution < -0.4 is 11.1 Å². The fourth-order valence-corrected chi connectivity index (χ4v) is 1.58. The zero-order chi connectivity index (χ0) is 12.7. The van der Waals surface area contributed by atoms with Crippen LogP contribution in [0.2, 0.25) is 0 Å². The van der Waals surface area contributed by atoms with E-state index in [-0.39, 0.29) is 5.91 Å². The van der Waals surface area contributed by atoms with E-state index in [1.165, 1.54) is 5.56 Å². The second kappa shape index (κ2) is 6.86. The topological polar surface area (TPSA) is 55.1 Å². The Morgan fingerprint density at radius 3 is 2.82 bits per heavy atom. The van der Waals surface area contributed by atoms with Gasteiger partial charge < -0.3 is 11.1 Å². The molecule has 0 atom stereocenters. The van der Waals surface area contributed by atoms with Crippen LogP contribution in [0.3, 0.4) is 0 Å². The molecule has 1 rings (SSSR count). The Hall–Kier alpha value is -1.61. The standard InChI is InChI=1S/C14H20N2O/c1-11-5-6-12(2)13(9-11)10-14(17)16-8-4-3-7-15/h3-6,9H,7-8,10,15H2,1-2H3,(H,16,17)/b4-3+. The minimum atomic E-state index is 0.0420. The number of rotatable bonds is 5. The maximum atomic E-state index is 11.7. The van der Waals surface area contributed by atoms with Crippen molar-refractivity contribution in [3.63, 3.8) is 0 Å². The third-order valence-electron chi connectivity index (χ3n) is 2.58. The van der Waals surface area contributed by atoms with Crippen LogP contribution in [0.4, 0.5) is 0 Å². The first-order valence-corrected chi connectivity index (χ1v) is 5.81. The van der Waals surface area contributed by atoms with Crippen LogP contribution in [0.15, 0.2) is 30.4 Å². The van der Waals surface area contributed by atoms with Crippen molar-refractivity contribution in [2.45, 2.75) is 20.3 Å². The summed E-state index contributed by atoms with van der Waals surface area (Å²) in [5.74, 6) is 0.0420. The number of hydrogen-bond acceptors (Lipinski definition) is 2. The summed E-state index contributed by atoms with van der Waals surface area (Å²) >= 11 is 0. The Kier molecular flexibility index (Phi) is 5.43. The molecule has 3 nitrogen and oxygen atoms in total. The second-order valence-corrected chi connectivity index (χ2v) is 4.12. The molecule has 3 heteroatoms. The number of carbonyl (C=O) groups is 1. The summed E-state index contributed by atoms with van der Waals surface area (Å²) in [6.45, 7) is 5.11. The maximum Gasteiger partial charge on any atom is 0.224 e. The number of hydrogen-bond donors (Lipinski definition) is 2. The molecule has 0 radical (unpaired) electrons. The fraction of sp³-hybridized carbons (Fsp3) is 0.357. The predicted octanol–water partition coefficient (Wildman–Crippen LogP) is 1.48. The molecule has 1 aromatic carbocycles. The van der Waals surface area contributed by atoms with E-state index in [0.29, 0.717) is 19.5 Å². The molecule has 0 spiro atoms. The van der Waals surface area contributed by atoms with Crippen molar-refractivity contribution >= 4 is 5.91 Å². The molecule has 0 saturated carbocycles. The number of carbonyl (C=O) groups excluding carboxylic acids is 1. The van der Waals surface area contributed by atoms with Gasteiger partial charge >= 0.3 is 0 Å². The van der Waals surface area contributed by atoms with E-state index in [2.05, 4.69) is 17.4 Å². The van der Waals surface area contributed by atoms with Crippen LogP contribution in [0.25, 0.3) is 0 Å². The molecule has 0 aliphatic carbocycles. The van der Waals surface area contributed by atoms with Crippen LogP contribution in [0.1, 0.15) is 16.7 Å². The molecule has 0 aromatic heterocycles. The predicted molar refractivity (Wildman–Crippen MR) is 70.8 cm³/mol. The molecule has 0 aliphatic heterocycles. The fourth-order valence-electron chi connectivity index (χ4n) is 1.58.